The van der Waals surface area contributed by atoms with E-state index in [0.717, 1.165) is 20.8 Å². The highest BCUT2D eigenvalue weighted by atomic mass is 16.7. The van der Waals surface area contributed by atoms with Gasteiger partial charge in [0.05, 0.1) is 6.61 Å². The Hall–Kier alpha value is -2.83. The molecule has 1 aliphatic heterocycles. The zero-order valence-corrected chi connectivity index (χ0v) is 12.6. The highest BCUT2D eigenvalue weighted by Crippen LogP contribution is 2.33. The second kappa shape index (κ2) is 7.44. The molecule has 0 radical (unpaired) electrons. The van der Waals surface area contributed by atoms with Crippen LogP contribution in [0.3, 0.4) is 0 Å². The van der Waals surface area contributed by atoms with Gasteiger partial charge in [0.25, 0.3) is 5.72 Å². The maximum atomic E-state index is 11.3. The van der Waals surface area contributed by atoms with E-state index in [1.54, 1.807) is 6.07 Å². The van der Waals surface area contributed by atoms with E-state index < -0.39 is 48.6 Å². The van der Waals surface area contributed by atoms with Crippen molar-refractivity contribution in [1.29, 1.82) is 5.26 Å². The fourth-order valence-corrected chi connectivity index (χ4v) is 2.04. The van der Waals surface area contributed by atoms with Crippen molar-refractivity contribution in [2.45, 2.75) is 44.8 Å². The maximum absolute atomic E-state index is 11.3. The van der Waals surface area contributed by atoms with E-state index in [1.165, 1.54) is 0 Å². The Kier molecular flexibility index (Phi) is 5.89. The number of hydrogen-bond donors (Lipinski definition) is 0. The fraction of sp³-hybridized carbons (Fsp3) is 0.667. The molecule has 0 aromatic rings. The molecule has 11 nitrogen and oxygen atoms in total. The molecule has 0 aliphatic carbocycles. The van der Waals surface area contributed by atoms with Crippen molar-refractivity contribution < 1.29 is 33.3 Å². The van der Waals surface area contributed by atoms with Crippen LogP contribution in [0.15, 0.2) is 5.11 Å². The summed E-state index contributed by atoms with van der Waals surface area (Å²) < 4.78 is 20.1. The summed E-state index contributed by atoms with van der Waals surface area (Å²) >= 11 is 0. The number of hydrogen-bond acceptors (Lipinski definition) is 9. The van der Waals surface area contributed by atoms with Crippen molar-refractivity contribution in [3.8, 4) is 6.07 Å². The van der Waals surface area contributed by atoms with Gasteiger partial charge >= 0.3 is 17.9 Å². The van der Waals surface area contributed by atoms with Crippen LogP contribution in [0.4, 0.5) is 0 Å². The molecule has 0 saturated carbocycles. The molecule has 0 aromatic heterocycles. The first-order valence-corrected chi connectivity index (χ1v) is 6.39. The van der Waals surface area contributed by atoms with E-state index in [0.29, 0.717) is 0 Å². The average Bonchev–Trinajstić information content (AvgIpc) is 2.44. The van der Waals surface area contributed by atoms with Gasteiger partial charge in [-0.1, -0.05) is 0 Å². The number of azide groups is 1. The molecule has 1 heterocycles. The van der Waals surface area contributed by atoms with E-state index in [1.807, 2.05) is 0 Å². The molecule has 11 heteroatoms. The van der Waals surface area contributed by atoms with Crippen molar-refractivity contribution in [3.63, 3.8) is 0 Å². The number of nitriles is 1. The highest BCUT2D eigenvalue weighted by Gasteiger charge is 2.56. The first-order chi connectivity index (χ1) is 10.8. The number of carbonyl (C=O) groups excluding carboxylic acids is 3. The van der Waals surface area contributed by atoms with Gasteiger partial charge in [0.1, 0.15) is 6.07 Å². The Balaban J connectivity index is 3.32. The second-order valence-corrected chi connectivity index (χ2v) is 4.56. The van der Waals surface area contributed by atoms with Gasteiger partial charge in [0.15, 0.2) is 18.3 Å². The van der Waals surface area contributed by atoms with Crippen LogP contribution in [0.2, 0.25) is 0 Å². The summed E-state index contributed by atoms with van der Waals surface area (Å²) in [6.45, 7) is 2.83. The van der Waals surface area contributed by atoms with E-state index in [9.17, 15) is 19.6 Å². The Morgan fingerprint density at radius 1 is 1.22 bits per heavy atom. The Labute approximate surface area is 130 Å². The predicted molar refractivity (Wildman–Crippen MR) is 70.1 cm³/mol. The standard InChI is InChI=1S/C12H14N4O7/c1-6(17)21-9-4-20-12(5-13,15-16-14)11(23-8(3)19)10(9)22-7(2)18/h9-11H,4H2,1-3H3/t9-,10-,11+,12+/m1/s1. The third-order valence-electron chi connectivity index (χ3n) is 2.78. The minimum absolute atomic E-state index is 0.401. The number of nitrogens with zero attached hydrogens (tertiary/aromatic N) is 4. The van der Waals surface area contributed by atoms with Crippen LogP contribution in [0.1, 0.15) is 20.8 Å². The SMILES string of the molecule is CC(=O)O[C@@H]1[C@H](OC(C)=O)CO[C@](C#N)(N=[N+]=[N-])[C@H]1OC(C)=O. The zero-order valence-electron chi connectivity index (χ0n) is 12.6. The topological polar surface area (TPSA) is 161 Å². The number of carbonyl (C=O) groups is 3. The average molecular weight is 326 g/mol. The lowest BCUT2D eigenvalue weighted by molar-refractivity contribution is -0.240. The molecule has 1 saturated heterocycles. The lowest BCUT2D eigenvalue weighted by Gasteiger charge is -2.42. The van der Waals surface area contributed by atoms with Gasteiger partial charge in [-0.15, -0.1) is 0 Å². The molecule has 0 N–H and O–H groups in total. The normalized spacial score (nSPS) is 29.4. The van der Waals surface area contributed by atoms with Crippen LogP contribution in [-0.4, -0.2) is 48.6 Å². The van der Waals surface area contributed by atoms with Crippen molar-refractivity contribution in [1.82, 2.24) is 0 Å². The van der Waals surface area contributed by atoms with E-state index >= 15 is 0 Å². The molecule has 0 bridgehead atoms. The third kappa shape index (κ3) is 4.32. The number of rotatable bonds is 4. The van der Waals surface area contributed by atoms with E-state index in [4.69, 9.17) is 24.5 Å². The van der Waals surface area contributed by atoms with Gasteiger partial charge in [-0.3, -0.25) is 14.4 Å². The Morgan fingerprint density at radius 2 is 1.78 bits per heavy atom. The second-order valence-electron chi connectivity index (χ2n) is 4.56. The molecule has 0 amide bonds. The summed E-state index contributed by atoms with van der Waals surface area (Å²) in [4.78, 5) is 36.3. The first-order valence-electron chi connectivity index (χ1n) is 6.39. The van der Waals surface area contributed by atoms with Gasteiger partial charge in [-0.05, 0) is 10.6 Å². The van der Waals surface area contributed by atoms with Crippen LogP contribution in [-0.2, 0) is 33.3 Å². The summed E-state index contributed by atoms with van der Waals surface area (Å²) in [5, 5.41) is 12.5. The summed E-state index contributed by atoms with van der Waals surface area (Å²) in [5.74, 6) is -2.32. The Bertz CT molecular complexity index is 595. The van der Waals surface area contributed by atoms with Crippen LogP contribution >= 0.6 is 0 Å². The lowest BCUT2D eigenvalue weighted by atomic mass is 9.95. The van der Waals surface area contributed by atoms with Crippen LogP contribution in [0, 0.1) is 11.3 Å². The summed E-state index contributed by atoms with van der Waals surface area (Å²) in [6, 6.07) is 1.60. The monoisotopic (exact) mass is 326 g/mol. The lowest BCUT2D eigenvalue weighted by Crippen LogP contribution is -2.62. The van der Waals surface area contributed by atoms with Gasteiger partial charge in [0.2, 0.25) is 0 Å². The molecule has 0 aromatic carbocycles. The van der Waals surface area contributed by atoms with Crippen molar-refractivity contribution in [2.24, 2.45) is 5.11 Å². The van der Waals surface area contributed by atoms with Gasteiger partial charge in [-0.2, -0.15) is 5.26 Å². The fourth-order valence-electron chi connectivity index (χ4n) is 2.04. The smallest absolute Gasteiger partial charge is 0.303 e. The molecule has 0 unspecified atom stereocenters. The summed E-state index contributed by atoms with van der Waals surface area (Å²) in [7, 11) is 0. The molecule has 4 atom stereocenters. The third-order valence-corrected chi connectivity index (χ3v) is 2.78. The molecule has 124 valence electrons. The highest BCUT2D eigenvalue weighted by molar-refractivity contribution is 5.68. The number of ether oxygens (including phenoxy) is 4. The van der Waals surface area contributed by atoms with Crippen molar-refractivity contribution in [3.05, 3.63) is 10.4 Å². The van der Waals surface area contributed by atoms with Crippen LogP contribution in [0.25, 0.3) is 10.4 Å². The van der Waals surface area contributed by atoms with Crippen molar-refractivity contribution >= 4 is 17.9 Å². The molecule has 23 heavy (non-hydrogen) atoms. The minimum atomic E-state index is -2.25. The maximum Gasteiger partial charge on any atom is 0.303 e. The van der Waals surface area contributed by atoms with Gasteiger partial charge < -0.3 is 18.9 Å². The molecule has 1 fully saturated rings. The molecule has 1 rings (SSSR count). The summed E-state index contributed by atoms with van der Waals surface area (Å²) in [6.07, 6.45) is -4.13. The minimum Gasteiger partial charge on any atom is -0.456 e. The summed E-state index contributed by atoms with van der Waals surface area (Å²) in [5.41, 5.74) is 6.39. The predicted octanol–water partition coefficient (Wildman–Crippen LogP) is 0.342. The first kappa shape index (κ1) is 18.2. The zero-order chi connectivity index (χ0) is 17.6. The number of esters is 3. The van der Waals surface area contributed by atoms with Crippen LogP contribution < -0.4 is 0 Å². The Morgan fingerprint density at radius 3 is 2.22 bits per heavy atom. The van der Waals surface area contributed by atoms with E-state index in [-0.39, 0.29) is 0 Å². The largest absolute Gasteiger partial charge is 0.456 e. The van der Waals surface area contributed by atoms with Gasteiger partial charge in [-0.25, -0.2) is 0 Å². The van der Waals surface area contributed by atoms with Crippen molar-refractivity contribution in [2.75, 3.05) is 6.61 Å². The molecule has 1 aliphatic rings. The molecular weight excluding hydrogens is 312 g/mol. The van der Waals surface area contributed by atoms with E-state index in [2.05, 4.69) is 10.0 Å². The molecule has 0 spiro atoms. The molecular formula is C12H14N4O7. The van der Waals surface area contributed by atoms with Crippen LogP contribution in [0.5, 0.6) is 0 Å². The quantitative estimate of drug-likeness (QED) is 0.235. The van der Waals surface area contributed by atoms with Gasteiger partial charge in [0, 0.05) is 25.7 Å².